The molecule has 2 unspecified atom stereocenters. The zero-order valence-corrected chi connectivity index (χ0v) is 16.4. The zero-order valence-electron chi connectivity index (χ0n) is 15.6. The lowest BCUT2D eigenvalue weighted by Crippen LogP contribution is -2.42. The monoisotopic (exact) mass is 368 g/mol. The Balaban J connectivity index is 1.64. The highest BCUT2D eigenvalue weighted by Crippen LogP contribution is 2.34. The van der Waals surface area contributed by atoms with Gasteiger partial charge < -0.3 is 9.64 Å². The largest absolute Gasteiger partial charge is 0.493 e. The Morgan fingerprint density at radius 3 is 3.00 bits per heavy atom. The normalized spacial score (nSPS) is 20.6. The quantitative estimate of drug-likeness (QED) is 0.594. The molecule has 0 radical (unpaired) electrons. The number of benzene rings is 1. The average Bonchev–Trinajstić information content (AvgIpc) is 3.21. The number of ether oxygens (including phenoxy) is 1. The smallest absolute Gasteiger partial charge is 0.120 e. The Bertz CT molecular complexity index is 707. The summed E-state index contributed by atoms with van der Waals surface area (Å²) in [4.78, 5) is 2.61. The Morgan fingerprint density at radius 2 is 2.23 bits per heavy atom. The van der Waals surface area contributed by atoms with E-state index in [-0.39, 0.29) is 0 Å². The van der Waals surface area contributed by atoms with Gasteiger partial charge >= 0.3 is 0 Å². The summed E-state index contributed by atoms with van der Waals surface area (Å²) in [6.07, 6.45) is 5.08. The van der Waals surface area contributed by atoms with Crippen LogP contribution in [0.15, 0.2) is 41.1 Å². The van der Waals surface area contributed by atoms with E-state index in [2.05, 4.69) is 34.7 Å². The predicted octanol–water partition coefficient (Wildman–Crippen LogP) is 5.29. The SMILES string of the molecule is CCCCCN1CCC(c2ccsc2)C(COc2cccc(C#N)c2)C1. The second kappa shape index (κ2) is 9.75. The molecule has 2 aromatic rings. The van der Waals surface area contributed by atoms with Crippen LogP contribution in [0.1, 0.15) is 49.7 Å². The molecule has 2 atom stereocenters. The summed E-state index contributed by atoms with van der Waals surface area (Å²) in [6, 6.07) is 11.9. The summed E-state index contributed by atoms with van der Waals surface area (Å²) in [5.74, 6) is 1.87. The van der Waals surface area contributed by atoms with Gasteiger partial charge in [-0.1, -0.05) is 25.8 Å². The Kier molecular flexibility index (Phi) is 7.11. The minimum absolute atomic E-state index is 0.491. The molecule has 0 amide bonds. The standard InChI is InChI=1S/C22H28N2OS/c1-2-3-4-10-24-11-8-22(19-9-12-26-17-19)20(15-24)16-25-21-7-5-6-18(13-21)14-23/h5-7,9,12-13,17,20,22H,2-4,8,10-11,15-16H2,1H3. The summed E-state index contributed by atoms with van der Waals surface area (Å²) >= 11 is 1.78. The van der Waals surface area contributed by atoms with E-state index in [1.54, 1.807) is 11.3 Å². The molecule has 0 aliphatic carbocycles. The van der Waals surface area contributed by atoms with Crippen LogP contribution in [-0.2, 0) is 0 Å². The lowest BCUT2D eigenvalue weighted by atomic mass is 9.82. The second-order valence-corrected chi connectivity index (χ2v) is 7.95. The fourth-order valence-corrected chi connectivity index (χ4v) is 4.57. The molecule has 1 aromatic heterocycles. The van der Waals surface area contributed by atoms with Crippen molar-refractivity contribution in [2.24, 2.45) is 5.92 Å². The summed E-state index contributed by atoms with van der Waals surface area (Å²) < 4.78 is 6.12. The van der Waals surface area contributed by atoms with E-state index in [9.17, 15) is 0 Å². The van der Waals surface area contributed by atoms with Crippen molar-refractivity contribution in [3.05, 3.63) is 52.2 Å². The summed E-state index contributed by atoms with van der Waals surface area (Å²) in [5, 5.41) is 13.5. The first kappa shape index (κ1) is 18.9. The van der Waals surface area contributed by atoms with Crippen LogP contribution in [0.5, 0.6) is 5.75 Å². The van der Waals surface area contributed by atoms with E-state index in [0.717, 1.165) is 12.3 Å². The molecule has 1 aliphatic heterocycles. The molecule has 0 spiro atoms. The third kappa shape index (κ3) is 5.09. The number of rotatable bonds is 8. The third-order valence-corrected chi connectivity index (χ3v) is 6.00. The Hall–Kier alpha value is -1.83. The lowest BCUT2D eigenvalue weighted by molar-refractivity contribution is 0.110. The van der Waals surface area contributed by atoms with Crippen LogP contribution in [0.25, 0.3) is 0 Å². The molecular formula is C22H28N2OS. The van der Waals surface area contributed by atoms with E-state index in [1.807, 2.05) is 24.3 Å². The number of likely N-dealkylation sites (tertiary alicyclic amines) is 1. The van der Waals surface area contributed by atoms with Crippen molar-refractivity contribution in [2.75, 3.05) is 26.2 Å². The molecule has 1 fully saturated rings. The third-order valence-electron chi connectivity index (χ3n) is 5.29. The molecule has 0 bridgehead atoms. The van der Waals surface area contributed by atoms with Crippen molar-refractivity contribution in [1.29, 1.82) is 5.26 Å². The maximum Gasteiger partial charge on any atom is 0.120 e. The molecule has 26 heavy (non-hydrogen) atoms. The van der Waals surface area contributed by atoms with E-state index in [4.69, 9.17) is 10.00 Å². The average molecular weight is 369 g/mol. The van der Waals surface area contributed by atoms with Crippen molar-refractivity contribution >= 4 is 11.3 Å². The molecule has 3 rings (SSSR count). The highest BCUT2D eigenvalue weighted by molar-refractivity contribution is 7.07. The number of piperidine rings is 1. The van der Waals surface area contributed by atoms with Gasteiger partial charge in [0.2, 0.25) is 0 Å². The number of unbranched alkanes of at least 4 members (excludes halogenated alkanes) is 2. The van der Waals surface area contributed by atoms with Gasteiger partial charge in [-0.3, -0.25) is 0 Å². The molecule has 1 aromatic carbocycles. The Labute approximate surface area is 161 Å². The van der Waals surface area contributed by atoms with E-state index in [1.165, 1.54) is 44.3 Å². The first-order chi connectivity index (χ1) is 12.8. The molecule has 0 N–H and O–H groups in total. The van der Waals surface area contributed by atoms with Crippen molar-refractivity contribution in [3.63, 3.8) is 0 Å². The summed E-state index contributed by atoms with van der Waals surface area (Å²) in [5.41, 5.74) is 2.12. The second-order valence-electron chi connectivity index (χ2n) is 7.17. The van der Waals surface area contributed by atoms with Gasteiger partial charge in [0.15, 0.2) is 0 Å². The first-order valence-corrected chi connectivity index (χ1v) is 10.6. The molecule has 138 valence electrons. The maximum absolute atomic E-state index is 9.07. The summed E-state index contributed by atoms with van der Waals surface area (Å²) in [7, 11) is 0. The van der Waals surface area contributed by atoms with Crippen LogP contribution >= 0.6 is 11.3 Å². The van der Waals surface area contributed by atoms with Crippen LogP contribution in [0.2, 0.25) is 0 Å². The van der Waals surface area contributed by atoms with Gasteiger partial charge in [0.25, 0.3) is 0 Å². The van der Waals surface area contributed by atoms with Crippen molar-refractivity contribution in [2.45, 2.75) is 38.5 Å². The molecule has 1 aliphatic rings. The van der Waals surface area contributed by atoms with Gasteiger partial charge in [-0.05, 0) is 72.4 Å². The van der Waals surface area contributed by atoms with Gasteiger partial charge in [0.05, 0.1) is 18.2 Å². The van der Waals surface area contributed by atoms with E-state index >= 15 is 0 Å². The van der Waals surface area contributed by atoms with Crippen molar-refractivity contribution in [3.8, 4) is 11.8 Å². The highest BCUT2D eigenvalue weighted by Gasteiger charge is 2.31. The fourth-order valence-electron chi connectivity index (χ4n) is 3.85. The van der Waals surface area contributed by atoms with Crippen LogP contribution < -0.4 is 4.74 Å². The lowest BCUT2D eigenvalue weighted by Gasteiger charge is -2.38. The number of hydrogen-bond donors (Lipinski definition) is 0. The van der Waals surface area contributed by atoms with Gasteiger partial charge in [-0.2, -0.15) is 16.6 Å². The number of thiophene rings is 1. The minimum atomic E-state index is 0.491. The number of nitriles is 1. The number of nitrogens with zero attached hydrogens (tertiary/aromatic N) is 2. The van der Waals surface area contributed by atoms with E-state index < -0.39 is 0 Å². The van der Waals surface area contributed by atoms with Gasteiger partial charge in [0, 0.05) is 12.5 Å². The van der Waals surface area contributed by atoms with Crippen molar-refractivity contribution in [1.82, 2.24) is 4.90 Å². The van der Waals surface area contributed by atoms with Crippen LogP contribution in [0, 0.1) is 17.2 Å². The van der Waals surface area contributed by atoms with Crippen LogP contribution in [0.3, 0.4) is 0 Å². The molecular weight excluding hydrogens is 340 g/mol. The van der Waals surface area contributed by atoms with Crippen LogP contribution in [0.4, 0.5) is 0 Å². The minimum Gasteiger partial charge on any atom is -0.493 e. The first-order valence-electron chi connectivity index (χ1n) is 9.67. The molecule has 0 saturated carbocycles. The van der Waals surface area contributed by atoms with E-state index in [0.29, 0.717) is 24.0 Å². The fraction of sp³-hybridized carbons (Fsp3) is 0.500. The molecule has 1 saturated heterocycles. The highest BCUT2D eigenvalue weighted by atomic mass is 32.1. The molecule has 4 heteroatoms. The topological polar surface area (TPSA) is 36.3 Å². The Morgan fingerprint density at radius 1 is 1.31 bits per heavy atom. The van der Waals surface area contributed by atoms with Crippen LogP contribution in [-0.4, -0.2) is 31.1 Å². The van der Waals surface area contributed by atoms with Gasteiger partial charge in [0.1, 0.15) is 5.75 Å². The van der Waals surface area contributed by atoms with Gasteiger partial charge in [-0.25, -0.2) is 0 Å². The van der Waals surface area contributed by atoms with Gasteiger partial charge in [-0.15, -0.1) is 0 Å². The maximum atomic E-state index is 9.07. The molecule has 2 heterocycles. The zero-order chi connectivity index (χ0) is 18.2. The molecule has 3 nitrogen and oxygen atoms in total. The number of hydrogen-bond acceptors (Lipinski definition) is 4. The van der Waals surface area contributed by atoms with Crippen molar-refractivity contribution < 1.29 is 4.74 Å². The predicted molar refractivity (Wildman–Crippen MR) is 108 cm³/mol. The summed E-state index contributed by atoms with van der Waals surface area (Å²) in [6.45, 7) is 6.45.